The summed E-state index contributed by atoms with van der Waals surface area (Å²) in [6.45, 7) is 0.257. The Bertz CT molecular complexity index is 1060. The van der Waals surface area contributed by atoms with Crippen LogP contribution in [0.3, 0.4) is 0 Å². The van der Waals surface area contributed by atoms with E-state index in [1.807, 2.05) is 24.3 Å². The van der Waals surface area contributed by atoms with E-state index in [1.165, 1.54) is 25.3 Å². The molecule has 1 saturated heterocycles. The second-order valence-corrected chi connectivity index (χ2v) is 8.03. The Balaban J connectivity index is 1.62. The lowest BCUT2D eigenvalue weighted by molar-refractivity contribution is -0.134. The van der Waals surface area contributed by atoms with Gasteiger partial charge in [-0.05, 0) is 42.2 Å². The summed E-state index contributed by atoms with van der Waals surface area (Å²) in [5.74, 6) is -1.13. The van der Waals surface area contributed by atoms with Crippen LogP contribution in [0.15, 0.2) is 42.5 Å². The predicted octanol–water partition coefficient (Wildman–Crippen LogP) is 3.33. The van der Waals surface area contributed by atoms with Crippen LogP contribution in [0.1, 0.15) is 37.0 Å². The van der Waals surface area contributed by atoms with Crippen molar-refractivity contribution in [2.45, 2.75) is 45.4 Å². The number of hydrogen-bond acceptors (Lipinski definition) is 5. The van der Waals surface area contributed by atoms with E-state index in [0.717, 1.165) is 23.3 Å². The van der Waals surface area contributed by atoms with Crippen molar-refractivity contribution in [1.82, 2.24) is 15.5 Å². The van der Waals surface area contributed by atoms with Gasteiger partial charge in [0.2, 0.25) is 5.91 Å². The van der Waals surface area contributed by atoms with Gasteiger partial charge in [0.05, 0.1) is 7.11 Å². The fourth-order valence-electron chi connectivity index (χ4n) is 3.75. The molecule has 1 aliphatic rings. The first-order chi connectivity index (χ1) is 16.2. The number of hydrogen-bond donors (Lipinski definition) is 2. The van der Waals surface area contributed by atoms with E-state index in [2.05, 4.69) is 22.3 Å². The summed E-state index contributed by atoms with van der Waals surface area (Å²) in [4.78, 5) is 38.8. The minimum Gasteiger partial charge on any atom is -0.493 e. The molecule has 4 amide bonds. The van der Waals surface area contributed by atoms with Crippen molar-refractivity contribution >= 4 is 17.8 Å². The molecule has 2 N–H and O–H groups in total. The number of benzene rings is 2. The highest BCUT2D eigenvalue weighted by atomic mass is 19.3. The number of halogens is 2. The second kappa shape index (κ2) is 10.5. The van der Waals surface area contributed by atoms with Crippen LogP contribution >= 0.6 is 0 Å². The summed E-state index contributed by atoms with van der Waals surface area (Å²) in [5.41, 5.74) is 1.05. The molecule has 2 aromatic rings. The second-order valence-electron chi connectivity index (χ2n) is 8.03. The number of nitrogens with one attached hydrogen (secondary N) is 2. The van der Waals surface area contributed by atoms with Crippen molar-refractivity contribution in [2.24, 2.45) is 0 Å². The maximum Gasteiger partial charge on any atom is 0.387 e. The topological polar surface area (TPSA) is 97.0 Å². The molecule has 1 heterocycles. The van der Waals surface area contributed by atoms with Crippen molar-refractivity contribution in [1.29, 1.82) is 0 Å². The van der Waals surface area contributed by atoms with Gasteiger partial charge in [0.1, 0.15) is 12.1 Å². The zero-order valence-corrected chi connectivity index (χ0v) is 19.2. The number of amides is 4. The highest BCUT2D eigenvalue weighted by Gasteiger charge is 2.49. The number of methoxy groups -OCH3 is 1. The molecule has 3 rings (SSSR count). The Morgan fingerprint density at radius 1 is 1.12 bits per heavy atom. The number of urea groups is 1. The van der Waals surface area contributed by atoms with Gasteiger partial charge in [-0.15, -0.1) is 0 Å². The quantitative estimate of drug-likeness (QED) is 0.514. The Hall–Kier alpha value is -3.69. The normalized spacial score (nSPS) is 17.6. The molecule has 0 radical (unpaired) electrons. The number of imide groups is 1. The van der Waals surface area contributed by atoms with Gasteiger partial charge in [0, 0.05) is 6.54 Å². The van der Waals surface area contributed by atoms with Crippen LogP contribution in [-0.2, 0) is 28.1 Å². The van der Waals surface area contributed by atoms with Gasteiger partial charge >= 0.3 is 12.6 Å². The Kier molecular flexibility index (Phi) is 7.70. The van der Waals surface area contributed by atoms with Crippen LogP contribution in [0.25, 0.3) is 0 Å². The molecule has 0 bridgehead atoms. The summed E-state index contributed by atoms with van der Waals surface area (Å²) in [5, 5.41) is 5.29. The third kappa shape index (κ3) is 5.44. The van der Waals surface area contributed by atoms with Gasteiger partial charge in [-0.1, -0.05) is 43.7 Å². The smallest absolute Gasteiger partial charge is 0.387 e. The van der Waals surface area contributed by atoms with Crippen LogP contribution in [-0.4, -0.2) is 43.0 Å². The summed E-state index contributed by atoms with van der Waals surface area (Å²) in [6, 6.07) is 11.0. The van der Waals surface area contributed by atoms with Gasteiger partial charge in [-0.3, -0.25) is 14.5 Å². The Labute approximate surface area is 196 Å². The first-order valence-corrected chi connectivity index (χ1v) is 10.8. The van der Waals surface area contributed by atoms with E-state index < -0.39 is 36.5 Å². The lowest BCUT2D eigenvalue weighted by atomic mass is 9.91. The molecule has 1 atom stereocenters. The van der Waals surface area contributed by atoms with Crippen molar-refractivity contribution < 1.29 is 32.6 Å². The molecule has 0 aromatic heterocycles. The van der Waals surface area contributed by atoms with Crippen LogP contribution < -0.4 is 20.1 Å². The third-order valence-corrected chi connectivity index (χ3v) is 5.58. The number of rotatable bonds is 10. The van der Waals surface area contributed by atoms with Gasteiger partial charge in [0.25, 0.3) is 5.91 Å². The van der Waals surface area contributed by atoms with Gasteiger partial charge in [-0.25, -0.2) is 4.79 Å². The molecule has 10 heteroatoms. The van der Waals surface area contributed by atoms with Crippen molar-refractivity contribution in [2.75, 3.05) is 13.7 Å². The molecule has 2 aromatic carbocycles. The van der Waals surface area contributed by atoms with Crippen LogP contribution in [0, 0.1) is 0 Å². The van der Waals surface area contributed by atoms with Crippen molar-refractivity contribution in [3.8, 4) is 11.5 Å². The zero-order valence-electron chi connectivity index (χ0n) is 19.2. The maximum absolute atomic E-state index is 13.0. The van der Waals surface area contributed by atoms with E-state index >= 15 is 0 Å². The molecule has 34 heavy (non-hydrogen) atoms. The number of alkyl halides is 2. The van der Waals surface area contributed by atoms with E-state index in [0.29, 0.717) is 11.1 Å². The summed E-state index contributed by atoms with van der Waals surface area (Å²) in [7, 11) is 1.31. The maximum atomic E-state index is 13.0. The molecule has 0 saturated carbocycles. The predicted molar refractivity (Wildman–Crippen MR) is 120 cm³/mol. The Morgan fingerprint density at radius 3 is 2.41 bits per heavy atom. The minimum absolute atomic E-state index is 0.0317. The highest BCUT2D eigenvalue weighted by molar-refractivity contribution is 6.09. The van der Waals surface area contributed by atoms with Crippen LogP contribution in [0.4, 0.5) is 13.6 Å². The molecule has 0 spiro atoms. The molecule has 1 aliphatic heterocycles. The summed E-state index contributed by atoms with van der Waals surface area (Å²) < 4.78 is 34.3. The minimum atomic E-state index is -3.00. The number of aryl methyl sites for hydroxylation is 1. The lowest BCUT2D eigenvalue weighted by Gasteiger charge is -2.22. The number of ether oxygens (including phenoxy) is 2. The van der Waals surface area contributed by atoms with Gasteiger partial charge in [0.15, 0.2) is 11.5 Å². The molecule has 1 unspecified atom stereocenters. The largest absolute Gasteiger partial charge is 0.493 e. The molecular weight excluding hydrogens is 448 g/mol. The van der Waals surface area contributed by atoms with Crippen LogP contribution in [0.5, 0.6) is 11.5 Å². The van der Waals surface area contributed by atoms with Crippen LogP contribution in [0.2, 0.25) is 0 Å². The SMILES string of the molecule is CCCc1ccc(C2(C)NC(=O)N(CC(=O)NCc3ccc(OC(F)F)c(OC)c3)C2=O)cc1. The van der Waals surface area contributed by atoms with Gasteiger partial charge < -0.3 is 20.1 Å². The summed E-state index contributed by atoms with van der Waals surface area (Å²) in [6.07, 6.45) is 1.91. The molecule has 182 valence electrons. The number of carbonyl (C=O) groups is 3. The lowest BCUT2D eigenvalue weighted by Crippen LogP contribution is -2.43. The monoisotopic (exact) mass is 475 g/mol. The highest BCUT2D eigenvalue weighted by Crippen LogP contribution is 2.30. The zero-order chi connectivity index (χ0) is 24.9. The number of nitrogens with zero attached hydrogens (tertiary/aromatic N) is 1. The van der Waals surface area contributed by atoms with Crippen molar-refractivity contribution in [3.05, 3.63) is 59.2 Å². The molecular formula is C24H27F2N3O5. The summed E-state index contributed by atoms with van der Waals surface area (Å²) >= 11 is 0. The van der Waals surface area contributed by atoms with E-state index in [-0.39, 0.29) is 18.0 Å². The fraction of sp³-hybridized carbons (Fsp3) is 0.375. The third-order valence-electron chi connectivity index (χ3n) is 5.58. The first-order valence-electron chi connectivity index (χ1n) is 10.8. The average molecular weight is 475 g/mol. The van der Waals surface area contributed by atoms with Crippen molar-refractivity contribution in [3.63, 3.8) is 0 Å². The first kappa shape index (κ1) is 24.9. The number of carbonyl (C=O) groups excluding carboxylic acids is 3. The van der Waals surface area contributed by atoms with E-state index in [1.54, 1.807) is 6.92 Å². The van der Waals surface area contributed by atoms with E-state index in [4.69, 9.17) is 4.74 Å². The molecule has 1 fully saturated rings. The van der Waals surface area contributed by atoms with Gasteiger partial charge in [-0.2, -0.15) is 8.78 Å². The van der Waals surface area contributed by atoms with E-state index in [9.17, 15) is 23.2 Å². The molecule has 0 aliphatic carbocycles. The fourth-order valence-corrected chi connectivity index (χ4v) is 3.75. The molecule has 8 nitrogen and oxygen atoms in total. The Morgan fingerprint density at radius 2 is 1.79 bits per heavy atom. The standard InChI is InChI=1S/C24H27F2N3O5/c1-4-5-15-6-9-17(10-7-15)24(2)21(31)29(23(32)28-24)14-20(30)27-13-16-8-11-18(34-22(25)26)19(12-16)33-3/h6-12,22H,4-5,13-14H2,1-3H3,(H,27,30)(H,28,32). The average Bonchev–Trinajstić information content (AvgIpc) is 3.02.